The lowest BCUT2D eigenvalue weighted by Crippen LogP contribution is -2.21. The molecule has 1 atom stereocenters. The number of hydrogen-bond donors (Lipinski definition) is 1. The highest BCUT2D eigenvalue weighted by atomic mass is 35.5. The smallest absolute Gasteiger partial charge is 0.242 e. The molecule has 0 saturated heterocycles. The van der Waals surface area contributed by atoms with E-state index in [1.165, 1.54) is 0 Å². The van der Waals surface area contributed by atoms with Crippen LogP contribution in [0.2, 0.25) is 0 Å². The number of carbonyl (C=O) groups is 1. The molecule has 0 fully saturated rings. The van der Waals surface area contributed by atoms with E-state index in [-0.39, 0.29) is 5.91 Å². The quantitative estimate of drug-likeness (QED) is 0.805. The summed E-state index contributed by atoms with van der Waals surface area (Å²) in [5, 5.41) is 2.23. The molecule has 0 aromatic heterocycles. The number of alkyl halides is 1. The van der Waals surface area contributed by atoms with Gasteiger partial charge >= 0.3 is 0 Å². The Morgan fingerprint density at radius 3 is 2.81 bits per heavy atom. The van der Waals surface area contributed by atoms with Crippen LogP contribution >= 0.6 is 11.6 Å². The van der Waals surface area contributed by atoms with Crippen molar-refractivity contribution in [1.29, 1.82) is 0 Å². The Bertz CT molecular complexity index is 353. The third-order valence-corrected chi connectivity index (χ3v) is 2.30. The second-order valence-electron chi connectivity index (χ2n) is 3.40. The van der Waals surface area contributed by atoms with Gasteiger partial charge in [0.25, 0.3) is 0 Å². The third-order valence-electron chi connectivity index (χ3n) is 2.10. The molecule has 16 heavy (non-hydrogen) atoms. The molecule has 0 saturated carbocycles. The molecule has 0 heterocycles. The minimum atomic E-state index is -0.542. The lowest BCUT2D eigenvalue weighted by atomic mass is 10.2. The highest BCUT2D eigenvalue weighted by Gasteiger charge is 2.11. The molecule has 1 unspecified atom stereocenters. The van der Waals surface area contributed by atoms with E-state index in [0.29, 0.717) is 13.2 Å². The molecule has 88 valence electrons. The molecule has 1 amide bonds. The van der Waals surface area contributed by atoms with Gasteiger partial charge in [-0.05, 0) is 19.9 Å². The second kappa shape index (κ2) is 6.51. The third kappa shape index (κ3) is 3.83. The van der Waals surface area contributed by atoms with Gasteiger partial charge in [0.05, 0.1) is 6.61 Å². The lowest BCUT2D eigenvalue weighted by molar-refractivity contribution is -0.115. The van der Waals surface area contributed by atoms with Gasteiger partial charge in [0.1, 0.15) is 5.38 Å². The maximum atomic E-state index is 11.5. The molecule has 0 radical (unpaired) electrons. The highest BCUT2D eigenvalue weighted by Crippen LogP contribution is 2.16. The normalized spacial score (nSPS) is 12.2. The summed E-state index contributed by atoms with van der Waals surface area (Å²) in [6, 6.07) is 7.54. The average Bonchev–Trinajstić information content (AvgIpc) is 2.27. The molecule has 1 aromatic carbocycles. The largest absolute Gasteiger partial charge is 0.377 e. The lowest BCUT2D eigenvalue weighted by Gasteiger charge is -2.11. The minimum Gasteiger partial charge on any atom is -0.377 e. The van der Waals surface area contributed by atoms with Crippen molar-refractivity contribution >= 4 is 23.2 Å². The van der Waals surface area contributed by atoms with Crippen LogP contribution in [0.1, 0.15) is 19.4 Å². The maximum absolute atomic E-state index is 11.5. The zero-order valence-electron chi connectivity index (χ0n) is 9.50. The van der Waals surface area contributed by atoms with Gasteiger partial charge < -0.3 is 10.1 Å². The van der Waals surface area contributed by atoms with Gasteiger partial charge in [-0.15, -0.1) is 11.6 Å². The number of rotatable bonds is 5. The molecular formula is C12H16ClNO2. The van der Waals surface area contributed by atoms with Crippen LogP contribution in [0.25, 0.3) is 0 Å². The summed E-state index contributed by atoms with van der Waals surface area (Å²) < 4.78 is 5.32. The number of nitrogens with one attached hydrogen (secondary N) is 1. The van der Waals surface area contributed by atoms with Crippen molar-refractivity contribution < 1.29 is 9.53 Å². The van der Waals surface area contributed by atoms with E-state index in [1.54, 1.807) is 6.92 Å². The summed E-state index contributed by atoms with van der Waals surface area (Å²) in [6.45, 7) is 4.71. The summed E-state index contributed by atoms with van der Waals surface area (Å²) in [6.07, 6.45) is 0. The predicted octanol–water partition coefficient (Wildman–Crippen LogP) is 2.79. The first-order valence-electron chi connectivity index (χ1n) is 5.25. The Hall–Kier alpha value is -1.06. The molecule has 0 bridgehead atoms. The zero-order valence-corrected chi connectivity index (χ0v) is 10.3. The van der Waals surface area contributed by atoms with Gasteiger partial charge in [0.2, 0.25) is 5.91 Å². The van der Waals surface area contributed by atoms with Crippen molar-refractivity contribution in [2.45, 2.75) is 25.8 Å². The Morgan fingerprint density at radius 1 is 1.50 bits per heavy atom. The molecule has 0 aliphatic rings. The predicted molar refractivity (Wildman–Crippen MR) is 65.7 cm³/mol. The highest BCUT2D eigenvalue weighted by molar-refractivity contribution is 6.32. The number of amides is 1. The fraction of sp³-hybridized carbons (Fsp3) is 0.417. The van der Waals surface area contributed by atoms with Crippen LogP contribution in [-0.2, 0) is 16.1 Å². The van der Waals surface area contributed by atoms with Gasteiger partial charge in [-0.1, -0.05) is 18.2 Å². The van der Waals surface area contributed by atoms with E-state index in [0.717, 1.165) is 11.3 Å². The summed E-state index contributed by atoms with van der Waals surface area (Å²) in [5.41, 5.74) is 1.71. The fourth-order valence-corrected chi connectivity index (χ4v) is 1.27. The monoisotopic (exact) mass is 241 g/mol. The van der Waals surface area contributed by atoms with Gasteiger partial charge in [-0.3, -0.25) is 4.79 Å². The maximum Gasteiger partial charge on any atom is 0.242 e. The number of benzene rings is 1. The van der Waals surface area contributed by atoms with E-state index >= 15 is 0 Å². The van der Waals surface area contributed by atoms with Gasteiger partial charge in [0.15, 0.2) is 0 Å². The summed E-state index contributed by atoms with van der Waals surface area (Å²) >= 11 is 5.69. The van der Waals surface area contributed by atoms with Crippen LogP contribution in [0.4, 0.5) is 5.69 Å². The summed E-state index contributed by atoms with van der Waals surface area (Å²) in [7, 11) is 0. The Labute approximate surface area is 101 Å². The SMILES string of the molecule is CCOCc1ccccc1NC(=O)C(C)Cl. The van der Waals surface area contributed by atoms with Crippen molar-refractivity contribution in [2.24, 2.45) is 0 Å². The number of para-hydroxylation sites is 1. The Morgan fingerprint density at radius 2 is 2.19 bits per heavy atom. The Balaban J connectivity index is 2.74. The molecule has 1 aromatic rings. The number of ether oxygens (including phenoxy) is 1. The van der Waals surface area contributed by atoms with Gasteiger partial charge in [0, 0.05) is 17.9 Å². The van der Waals surface area contributed by atoms with Crippen molar-refractivity contribution in [2.75, 3.05) is 11.9 Å². The van der Waals surface area contributed by atoms with E-state index in [2.05, 4.69) is 5.32 Å². The molecule has 0 aliphatic carbocycles. The molecule has 1 N–H and O–H groups in total. The average molecular weight is 242 g/mol. The van der Waals surface area contributed by atoms with Crippen LogP contribution < -0.4 is 5.32 Å². The minimum absolute atomic E-state index is 0.203. The van der Waals surface area contributed by atoms with Crippen molar-refractivity contribution in [3.05, 3.63) is 29.8 Å². The van der Waals surface area contributed by atoms with Gasteiger partial charge in [-0.2, -0.15) is 0 Å². The van der Waals surface area contributed by atoms with Crippen LogP contribution in [0.5, 0.6) is 0 Å². The van der Waals surface area contributed by atoms with Crippen molar-refractivity contribution in [3.8, 4) is 0 Å². The van der Waals surface area contributed by atoms with Crippen LogP contribution in [0.15, 0.2) is 24.3 Å². The molecule has 1 rings (SSSR count). The van der Waals surface area contributed by atoms with Crippen LogP contribution in [0.3, 0.4) is 0 Å². The first kappa shape index (κ1) is 13.0. The number of carbonyl (C=O) groups excluding carboxylic acids is 1. The van der Waals surface area contributed by atoms with E-state index in [4.69, 9.17) is 16.3 Å². The number of anilines is 1. The van der Waals surface area contributed by atoms with Crippen LogP contribution in [-0.4, -0.2) is 17.9 Å². The van der Waals surface area contributed by atoms with Gasteiger partial charge in [-0.25, -0.2) is 0 Å². The second-order valence-corrected chi connectivity index (χ2v) is 4.05. The molecule has 3 nitrogen and oxygen atoms in total. The standard InChI is InChI=1S/C12H16ClNO2/c1-3-16-8-10-6-4-5-7-11(10)14-12(15)9(2)13/h4-7,9H,3,8H2,1-2H3,(H,14,15). The molecule has 0 aliphatic heterocycles. The van der Waals surface area contributed by atoms with Crippen molar-refractivity contribution in [3.63, 3.8) is 0 Å². The summed E-state index contributed by atoms with van der Waals surface area (Å²) in [5.74, 6) is -0.203. The topological polar surface area (TPSA) is 38.3 Å². The fourth-order valence-electron chi connectivity index (χ4n) is 1.21. The molecule has 0 spiro atoms. The molecular weight excluding hydrogens is 226 g/mol. The van der Waals surface area contributed by atoms with E-state index in [9.17, 15) is 4.79 Å². The zero-order chi connectivity index (χ0) is 12.0. The van der Waals surface area contributed by atoms with Crippen molar-refractivity contribution in [1.82, 2.24) is 0 Å². The Kier molecular flexibility index (Phi) is 5.29. The number of hydrogen-bond acceptors (Lipinski definition) is 2. The van der Waals surface area contributed by atoms with E-state index < -0.39 is 5.38 Å². The number of halogens is 1. The molecule has 4 heteroatoms. The summed E-state index contributed by atoms with van der Waals surface area (Å²) in [4.78, 5) is 11.5. The first-order valence-corrected chi connectivity index (χ1v) is 5.69. The first-order chi connectivity index (χ1) is 7.65. The van der Waals surface area contributed by atoms with Crippen LogP contribution in [0, 0.1) is 0 Å². The van der Waals surface area contributed by atoms with E-state index in [1.807, 2.05) is 31.2 Å².